The van der Waals surface area contributed by atoms with Crippen LogP contribution in [0.1, 0.15) is 41.4 Å². The molecule has 3 aromatic rings. The van der Waals surface area contributed by atoms with Gasteiger partial charge in [-0.3, -0.25) is 9.69 Å². The molecule has 4 N–H and O–H groups in total. The van der Waals surface area contributed by atoms with Crippen LogP contribution in [0.3, 0.4) is 0 Å². The third kappa shape index (κ3) is 12.9. The number of aliphatic carboxylic acids is 2. The van der Waals surface area contributed by atoms with Crippen LogP contribution in [-0.4, -0.2) is 118 Å². The van der Waals surface area contributed by atoms with Gasteiger partial charge in [0.05, 0.1) is 23.2 Å². The molecule has 12 nitrogen and oxygen atoms in total. The van der Waals surface area contributed by atoms with Gasteiger partial charge in [-0.2, -0.15) is 26.3 Å². The number of hydrogen-bond acceptors (Lipinski definition) is 8. The van der Waals surface area contributed by atoms with Gasteiger partial charge in [-0.1, -0.05) is 37.6 Å². The lowest BCUT2D eigenvalue weighted by atomic mass is 9.98. The second kappa shape index (κ2) is 19.0. The zero-order valence-corrected chi connectivity index (χ0v) is 29.2. The average Bonchev–Trinajstić information content (AvgIpc) is 3.05. The van der Waals surface area contributed by atoms with Gasteiger partial charge in [-0.05, 0) is 36.2 Å². The first-order chi connectivity index (χ1) is 24.5. The highest BCUT2D eigenvalue weighted by molar-refractivity contribution is 6.30. The van der Waals surface area contributed by atoms with Crippen LogP contribution in [0.25, 0.3) is 10.9 Å². The Morgan fingerprint density at radius 3 is 1.94 bits per heavy atom. The van der Waals surface area contributed by atoms with E-state index in [0.29, 0.717) is 35.5 Å². The minimum Gasteiger partial charge on any atom is -0.492 e. The van der Waals surface area contributed by atoms with Gasteiger partial charge >= 0.3 is 30.3 Å². The smallest absolute Gasteiger partial charge is 0.490 e. The number of aliphatic hydroxyl groups excluding tert-OH is 1. The molecule has 0 unspecified atom stereocenters. The molecule has 20 heteroatoms. The second-order valence-corrected chi connectivity index (χ2v) is 12.5. The van der Waals surface area contributed by atoms with Crippen molar-refractivity contribution in [2.75, 3.05) is 53.0 Å². The molecule has 294 valence electrons. The number of carboxylic acids is 3. The minimum absolute atomic E-state index is 0.0101. The Labute approximate surface area is 302 Å². The van der Waals surface area contributed by atoms with Crippen molar-refractivity contribution < 1.29 is 70.3 Å². The number of aromatic nitrogens is 1. The molecule has 53 heavy (non-hydrogen) atoms. The van der Waals surface area contributed by atoms with Crippen molar-refractivity contribution in [3.8, 4) is 5.75 Å². The third-order valence-electron chi connectivity index (χ3n) is 7.92. The van der Waals surface area contributed by atoms with Crippen molar-refractivity contribution in [2.45, 2.75) is 38.7 Å². The summed E-state index contributed by atoms with van der Waals surface area (Å²) < 4.78 is 86.2. The number of ether oxygens (including phenoxy) is 1. The number of carbonyl (C=O) groups is 3. The number of nitrogens with zero attached hydrogens (tertiary/aromatic N) is 3. The van der Waals surface area contributed by atoms with Crippen molar-refractivity contribution in [1.29, 1.82) is 0 Å². The Balaban J connectivity index is 0.000000587. The highest BCUT2D eigenvalue weighted by Gasteiger charge is 2.39. The number of rotatable bonds is 10. The summed E-state index contributed by atoms with van der Waals surface area (Å²) >= 11 is 6.02. The molecule has 1 aliphatic heterocycles. The minimum atomic E-state index is -5.08. The summed E-state index contributed by atoms with van der Waals surface area (Å²) in [5.74, 6) is -7.01. The molecule has 0 amide bonds. The van der Waals surface area contributed by atoms with Gasteiger partial charge in [0.1, 0.15) is 23.7 Å². The molecule has 0 aliphatic carbocycles. The summed E-state index contributed by atoms with van der Waals surface area (Å²) in [6.45, 7) is 8.48. The van der Waals surface area contributed by atoms with E-state index in [1.165, 1.54) is 12.3 Å². The Hall–Kier alpha value is -4.46. The van der Waals surface area contributed by atoms with Crippen LogP contribution in [0.15, 0.2) is 41.3 Å². The van der Waals surface area contributed by atoms with E-state index in [1.807, 2.05) is 13.8 Å². The fourth-order valence-electron chi connectivity index (χ4n) is 4.99. The number of benzene rings is 2. The van der Waals surface area contributed by atoms with E-state index in [1.54, 1.807) is 28.8 Å². The first-order valence-corrected chi connectivity index (χ1v) is 16.0. The predicted molar refractivity (Wildman–Crippen MR) is 177 cm³/mol. The van der Waals surface area contributed by atoms with E-state index in [4.69, 9.17) is 36.1 Å². The van der Waals surface area contributed by atoms with Crippen LogP contribution in [0.4, 0.5) is 30.7 Å². The second-order valence-electron chi connectivity index (χ2n) is 12.0. The van der Waals surface area contributed by atoms with Gasteiger partial charge in [0.25, 0.3) is 0 Å². The summed E-state index contributed by atoms with van der Waals surface area (Å²) in [5, 5.41) is 34.3. The summed E-state index contributed by atoms with van der Waals surface area (Å²) in [4.78, 5) is 47.6. The number of alkyl halides is 6. The number of pyridine rings is 1. The van der Waals surface area contributed by atoms with Crippen LogP contribution in [0.5, 0.6) is 5.75 Å². The Morgan fingerprint density at radius 1 is 0.925 bits per heavy atom. The van der Waals surface area contributed by atoms with Crippen LogP contribution in [0.2, 0.25) is 5.02 Å². The lowest BCUT2D eigenvalue weighted by molar-refractivity contribution is -0.193. The van der Waals surface area contributed by atoms with Gasteiger partial charge in [-0.15, -0.1) is 0 Å². The number of aromatic carboxylic acids is 1. The normalized spacial score (nSPS) is 14.5. The molecule has 2 aromatic carbocycles. The van der Waals surface area contributed by atoms with Gasteiger partial charge in [0.2, 0.25) is 5.43 Å². The SMILES string of the molecule is CC(C)[C@@H](CO)n1cc(C(=O)O)c(=O)c2cc(Cc3cccc(Cl)c3F)c(OCCN3CCN(C)CC3)cc21.O=C(O)C(F)(F)F.O=C(O)C(F)(F)F. The van der Waals surface area contributed by atoms with Crippen LogP contribution < -0.4 is 10.2 Å². The number of likely N-dealkylation sites (N-methyl/N-ethyl adjacent to an activating group) is 1. The molecule has 4 rings (SSSR count). The lowest BCUT2D eigenvalue weighted by Gasteiger charge is -2.32. The van der Waals surface area contributed by atoms with E-state index in [-0.39, 0.29) is 29.4 Å². The zero-order valence-electron chi connectivity index (χ0n) is 28.5. The number of halogens is 8. The number of piperazine rings is 1. The topological polar surface area (TPSA) is 170 Å². The molecule has 2 heterocycles. The Morgan fingerprint density at radius 2 is 1.47 bits per heavy atom. The predicted octanol–water partition coefficient (Wildman–Crippen LogP) is 5.17. The Kier molecular flexibility index (Phi) is 16.1. The van der Waals surface area contributed by atoms with Crippen molar-refractivity contribution in [3.05, 3.63) is 74.3 Å². The zero-order chi connectivity index (χ0) is 40.4. The van der Waals surface area contributed by atoms with Crippen molar-refractivity contribution in [3.63, 3.8) is 0 Å². The molecule has 1 atom stereocenters. The maximum absolute atomic E-state index is 14.9. The summed E-state index contributed by atoms with van der Waals surface area (Å²) in [7, 11) is 2.09. The summed E-state index contributed by atoms with van der Waals surface area (Å²) in [5.41, 5.74) is 0.271. The number of fused-ring (bicyclic) bond motifs is 1. The van der Waals surface area contributed by atoms with E-state index < -0.39 is 53.1 Å². The van der Waals surface area contributed by atoms with E-state index >= 15 is 0 Å². The van der Waals surface area contributed by atoms with Gasteiger partial charge < -0.3 is 34.6 Å². The molecule has 1 fully saturated rings. The molecule has 1 aliphatic rings. The molecule has 0 radical (unpaired) electrons. The number of hydrogen-bond donors (Lipinski definition) is 4. The summed E-state index contributed by atoms with van der Waals surface area (Å²) in [6, 6.07) is 7.55. The maximum Gasteiger partial charge on any atom is 0.490 e. The maximum atomic E-state index is 14.9. The molecule has 1 aromatic heterocycles. The fourth-order valence-corrected chi connectivity index (χ4v) is 5.18. The van der Waals surface area contributed by atoms with Crippen molar-refractivity contribution >= 4 is 40.4 Å². The molecule has 1 saturated heterocycles. The Bertz CT molecular complexity index is 1790. The van der Waals surface area contributed by atoms with Crippen LogP contribution in [-0.2, 0) is 16.0 Å². The van der Waals surface area contributed by atoms with E-state index in [0.717, 1.165) is 26.2 Å². The molecular formula is C33H37ClF7N3O9. The largest absolute Gasteiger partial charge is 0.492 e. The van der Waals surface area contributed by atoms with E-state index in [9.17, 15) is 50.5 Å². The highest BCUT2D eigenvalue weighted by Crippen LogP contribution is 2.32. The molecule has 0 bridgehead atoms. The van der Waals surface area contributed by atoms with Gasteiger partial charge in [0.15, 0.2) is 0 Å². The highest BCUT2D eigenvalue weighted by atomic mass is 35.5. The number of carboxylic acid groups (broad SMARTS) is 3. The van der Waals surface area contributed by atoms with E-state index in [2.05, 4.69) is 16.8 Å². The van der Waals surface area contributed by atoms with Crippen molar-refractivity contribution in [1.82, 2.24) is 14.4 Å². The van der Waals surface area contributed by atoms with Crippen molar-refractivity contribution in [2.24, 2.45) is 5.92 Å². The third-order valence-corrected chi connectivity index (χ3v) is 8.21. The standard InChI is InChI=1S/C29H35ClFN3O5.2C2HF3O2/c1-18(2)25(17-35)34-16-22(29(37)38)28(36)21-14-20(13-19-5-4-6-23(30)27(19)31)26(15-24(21)34)39-12-11-33-9-7-32(3)8-10-33;2*3-2(4,5)1(6)7/h4-6,14-16,18,25,35H,7-13,17H2,1-3H3,(H,37,38);2*(H,6,7)/t25-;;/m1../s1. The monoisotopic (exact) mass is 787 g/mol. The molecule has 0 spiro atoms. The summed E-state index contributed by atoms with van der Waals surface area (Å²) in [6.07, 6.45) is -8.78. The molecule has 0 saturated carbocycles. The van der Waals surface area contributed by atoms with Gasteiger partial charge in [-0.25, -0.2) is 18.8 Å². The first-order valence-electron chi connectivity index (χ1n) is 15.6. The average molecular weight is 788 g/mol. The first kappa shape index (κ1) is 44.7. The van der Waals surface area contributed by atoms with Gasteiger partial charge in [0, 0.05) is 56.8 Å². The molecular weight excluding hydrogens is 751 g/mol. The van der Waals surface area contributed by atoms with Crippen LogP contribution >= 0.6 is 11.6 Å². The quantitative estimate of drug-likeness (QED) is 0.200. The number of aliphatic hydroxyl groups is 1. The van der Waals surface area contributed by atoms with Crippen LogP contribution in [0, 0.1) is 11.7 Å². The lowest BCUT2D eigenvalue weighted by Crippen LogP contribution is -2.45. The fraction of sp³-hybridized carbons (Fsp3) is 0.455.